The lowest BCUT2D eigenvalue weighted by Crippen LogP contribution is -2.20. The van der Waals surface area contributed by atoms with Crippen LogP contribution in [0.15, 0.2) is 113 Å². The average molecular weight is 721 g/mol. The third kappa shape index (κ3) is 8.63. The lowest BCUT2D eigenvalue weighted by molar-refractivity contribution is -0.462. The van der Waals surface area contributed by atoms with Crippen molar-refractivity contribution in [3.8, 4) is 5.88 Å². The zero-order valence-electron chi connectivity index (χ0n) is 31.3. The average Bonchev–Trinajstić information content (AvgIpc) is 3.12. The zero-order valence-corrected chi connectivity index (χ0v) is 32.1. The van der Waals surface area contributed by atoms with Crippen molar-refractivity contribution in [1.82, 2.24) is 4.98 Å². The minimum absolute atomic E-state index is 0.250. The van der Waals surface area contributed by atoms with E-state index in [1.165, 1.54) is 9.80 Å². The van der Waals surface area contributed by atoms with Crippen LogP contribution in [0.25, 0.3) is 5.57 Å². The lowest BCUT2D eigenvalue weighted by atomic mass is 9.86. The third-order valence-electron chi connectivity index (χ3n) is 8.76. The number of allylic oxidation sites excluding steroid dienone is 4. The molecule has 3 aromatic carbocycles. The summed E-state index contributed by atoms with van der Waals surface area (Å²) in [5, 5.41) is 10.4. The number of hydrogen-bond donors (Lipinski definition) is 3. The van der Waals surface area contributed by atoms with Crippen molar-refractivity contribution in [1.29, 1.82) is 0 Å². The highest BCUT2D eigenvalue weighted by atomic mass is 32.3. The fourth-order valence-corrected chi connectivity index (χ4v) is 8.64. The summed E-state index contributed by atoms with van der Waals surface area (Å²) in [6.07, 6.45) is 13.8. The number of pyridine rings is 1. The molecule has 5 N–H and O–H groups in total. The van der Waals surface area contributed by atoms with Crippen LogP contribution in [-0.4, -0.2) is 73.5 Å². The van der Waals surface area contributed by atoms with E-state index in [-0.39, 0.29) is 6.41 Å². The molecule has 0 saturated carbocycles. The predicted octanol–water partition coefficient (Wildman–Crippen LogP) is 7.13. The Labute approximate surface area is 309 Å². The number of amides is 1. The summed E-state index contributed by atoms with van der Waals surface area (Å²) in [7, 11) is 6.80. The van der Waals surface area contributed by atoms with Crippen LogP contribution in [-0.2, 0) is 17.8 Å². The number of ether oxygens (including phenoxy) is 1. The van der Waals surface area contributed by atoms with E-state index < -0.39 is 16.0 Å². The second-order valence-corrected chi connectivity index (χ2v) is 16.4. The quantitative estimate of drug-likeness (QED) is 0.130. The van der Waals surface area contributed by atoms with Gasteiger partial charge in [0.25, 0.3) is 0 Å². The highest BCUT2D eigenvalue weighted by Gasteiger charge is 2.37. The molecule has 10 heteroatoms. The maximum atomic E-state index is 12.7. The maximum absolute atomic E-state index is 12.7. The van der Waals surface area contributed by atoms with Gasteiger partial charge in [0.1, 0.15) is 20.7 Å². The molecule has 9 nitrogen and oxygen atoms in total. The van der Waals surface area contributed by atoms with Gasteiger partial charge >= 0.3 is 5.97 Å². The Morgan fingerprint density at radius 2 is 1.58 bits per heavy atom. The second kappa shape index (κ2) is 17.1. The first-order valence-corrected chi connectivity index (χ1v) is 19.5. The van der Waals surface area contributed by atoms with Crippen LogP contribution in [0.1, 0.15) is 52.0 Å². The van der Waals surface area contributed by atoms with Crippen molar-refractivity contribution in [2.24, 2.45) is 5.73 Å². The molecule has 0 spiro atoms. The Morgan fingerprint density at radius 1 is 0.923 bits per heavy atom. The first-order valence-electron chi connectivity index (χ1n) is 17.0. The van der Waals surface area contributed by atoms with Crippen LogP contribution in [0, 0.1) is 0 Å². The van der Waals surface area contributed by atoms with Crippen LogP contribution in [0.5, 0.6) is 5.88 Å². The fourth-order valence-electron chi connectivity index (χ4n) is 6.13. The molecule has 2 aliphatic rings. The molecular formula is C42H50N5O4S+. The molecule has 0 radical (unpaired) electrons. The van der Waals surface area contributed by atoms with Crippen molar-refractivity contribution in [2.75, 3.05) is 51.3 Å². The first kappa shape index (κ1) is 39.2. The number of fused-ring (bicyclic) bond motifs is 2. The molecule has 1 aliphatic heterocycles. The number of nitrogen functional groups attached to an aromatic ring is 1. The summed E-state index contributed by atoms with van der Waals surface area (Å²) >= 11 is 0. The van der Waals surface area contributed by atoms with Gasteiger partial charge in [0.05, 0.1) is 5.56 Å². The largest absolute Gasteiger partial charge is 0.478 e. The van der Waals surface area contributed by atoms with E-state index in [0.717, 1.165) is 50.4 Å². The van der Waals surface area contributed by atoms with Crippen LogP contribution in [0.2, 0.25) is 0 Å². The first-order chi connectivity index (χ1) is 24.8. The lowest BCUT2D eigenvalue weighted by Gasteiger charge is -2.43. The van der Waals surface area contributed by atoms with Gasteiger partial charge in [-0.3, -0.25) is 4.79 Å². The van der Waals surface area contributed by atoms with Crippen LogP contribution in [0.3, 0.4) is 0 Å². The Balaban J connectivity index is 0.00000115. The van der Waals surface area contributed by atoms with Gasteiger partial charge in [0.2, 0.25) is 18.0 Å². The molecule has 2 heterocycles. The molecule has 1 amide bonds. The van der Waals surface area contributed by atoms with E-state index in [0.29, 0.717) is 30.2 Å². The summed E-state index contributed by atoms with van der Waals surface area (Å²) < 4.78 is 7.93. The number of aromatic nitrogens is 1. The van der Waals surface area contributed by atoms with E-state index >= 15 is 0 Å². The van der Waals surface area contributed by atoms with Gasteiger partial charge in [-0.2, -0.15) is 10.0 Å². The van der Waals surface area contributed by atoms with Gasteiger partial charge in [-0.15, -0.1) is 0 Å². The van der Waals surface area contributed by atoms with Crippen molar-refractivity contribution < 1.29 is 24.0 Å². The van der Waals surface area contributed by atoms with Crippen molar-refractivity contribution in [2.45, 2.75) is 31.8 Å². The minimum atomic E-state index is -1.42. The van der Waals surface area contributed by atoms with E-state index in [9.17, 15) is 9.90 Å². The van der Waals surface area contributed by atoms with Gasteiger partial charge in [-0.05, 0) is 94.3 Å². The van der Waals surface area contributed by atoms with Gasteiger partial charge in [0.15, 0.2) is 0 Å². The number of benzene rings is 3. The number of carbonyl (C=O) groups excluding carboxylic acids is 1. The summed E-state index contributed by atoms with van der Waals surface area (Å²) in [6, 6.07) is 24.1. The molecule has 6 rings (SSSR count). The van der Waals surface area contributed by atoms with E-state index in [1.54, 1.807) is 24.4 Å². The summed E-state index contributed by atoms with van der Waals surface area (Å²) in [5.41, 5.74) is 20.3. The third-order valence-corrected chi connectivity index (χ3v) is 11.6. The number of primary amides is 1. The topological polar surface area (TPSA) is 135 Å². The van der Waals surface area contributed by atoms with Crippen molar-refractivity contribution in [3.63, 3.8) is 0 Å². The number of hydrogen-bond acceptors (Lipinski definition) is 6. The smallest absolute Gasteiger partial charge is 0.336 e. The predicted molar refractivity (Wildman–Crippen MR) is 216 cm³/mol. The van der Waals surface area contributed by atoms with Crippen LogP contribution < -0.4 is 21.1 Å². The Morgan fingerprint density at radius 3 is 2.19 bits per heavy atom. The van der Waals surface area contributed by atoms with Crippen molar-refractivity contribution in [3.05, 3.63) is 141 Å². The van der Waals surface area contributed by atoms with E-state index in [4.69, 9.17) is 15.3 Å². The van der Waals surface area contributed by atoms with Gasteiger partial charge < -0.3 is 26.2 Å². The monoisotopic (exact) mass is 720 g/mol. The highest BCUT2D eigenvalue weighted by Crippen LogP contribution is 2.66. The van der Waals surface area contributed by atoms with E-state index in [2.05, 4.69) is 116 Å². The van der Waals surface area contributed by atoms with Crippen LogP contribution in [0.4, 0.5) is 11.4 Å². The number of rotatable bonds is 8. The minimum Gasteiger partial charge on any atom is -0.478 e. The molecule has 4 aromatic rings. The number of carboxylic acids is 1. The fraction of sp³-hybridized carbons (Fsp3) is 0.238. The van der Waals surface area contributed by atoms with E-state index in [1.807, 2.05) is 32.0 Å². The molecule has 0 unspecified atom stereocenters. The normalized spacial score (nSPS) is 14.2. The van der Waals surface area contributed by atoms with Gasteiger partial charge in [-0.25, -0.2) is 14.4 Å². The molecule has 0 bridgehead atoms. The molecule has 1 aromatic heterocycles. The molecule has 0 saturated heterocycles. The van der Waals surface area contributed by atoms with Crippen molar-refractivity contribution >= 4 is 45.1 Å². The standard InChI is InChI=1S/C39H40N4O3S.C2H6.CH3NO/c1-42(2)29-12-15-32-35(22-29)47(5,6)36-23-30(43(3)4)13-16-33(36)38(32)34-20-27(11-14-31(34)39(44)45)19-25-7-9-26(10-8-25)24-46-37-21-28(40)17-18-41-37;1-2;2-1-3/h7-18,20-23H,19,24H2,1-6H3,(H2-,40,41,44,45);1-2H3;1H,(H2,2,3)/p+1. The summed E-state index contributed by atoms with van der Waals surface area (Å²) in [6.45, 7) is 4.38. The molecule has 1 aliphatic carbocycles. The number of nitrogens with two attached hydrogens (primary N) is 2. The number of carboxylic acid groups (broad SMARTS) is 1. The zero-order chi connectivity index (χ0) is 38.2. The molecule has 0 atom stereocenters. The number of anilines is 2. The Kier molecular flexibility index (Phi) is 12.9. The number of nitrogens with zero attached hydrogens (tertiary/aromatic N) is 3. The molecule has 52 heavy (non-hydrogen) atoms. The highest BCUT2D eigenvalue weighted by molar-refractivity contribution is 8.36. The molecular weight excluding hydrogens is 671 g/mol. The SMILES string of the molecule is CC.CN(C)c1ccc2c(c1)S(C)(C)C1=CC(=[N+](C)C)C=CC1=C2c1cc(Cc2ccc(COc3cc(N)ccn3)cc2)ccc1C(=O)O.NC=O. The Hall–Kier alpha value is -5.61. The number of carbonyl (C=O) groups is 2. The summed E-state index contributed by atoms with van der Waals surface area (Å²) in [5.74, 6) is -0.447. The molecule has 272 valence electrons. The molecule has 0 fully saturated rings. The summed E-state index contributed by atoms with van der Waals surface area (Å²) in [4.78, 5) is 30.2. The number of aromatic carboxylic acids is 1. The van der Waals surface area contributed by atoms with Gasteiger partial charge in [-0.1, -0.05) is 50.2 Å². The Bertz CT molecular complexity index is 2070. The van der Waals surface area contributed by atoms with Crippen LogP contribution >= 0.6 is 10.0 Å². The van der Waals surface area contributed by atoms with Gasteiger partial charge in [0, 0.05) is 59.7 Å². The maximum Gasteiger partial charge on any atom is 0.336 e. The second-order valence-electron chi connectivity index (χ2n) is 12.9.